The number of hydrogen-bond donors (Lipinski definition) is 1. The molecule has 7 heteroatoms. The third-order valence-electron chi connectivity index (χ3n) is 3.34. The van der Waals surface area contributed by atoms with E-state index in [0.717, 1.165) is 15.8 Å². The lowest BCUT2D eigenvalue weighted by Gasteiger charge is -2.22. The maximum Gasteiger partial charge on any atom is 0.416 e. The summed E-state index contributed by atoms with van der Waals surface area (Å²) in [5.41, 5.74) is 1.08. The summed E-state index contributed by atoms with van der Waals surface area (Å²) in [5.74, 6) is -0.572. The molecule has 1 atom stereocenters. The molecule has 0 aliphatic heterocycles. The molecule has 1 N–H and O–H groups in total. The number of para-hydroxylation sites is 1. The van der Waals surface area contributed by atoms with Gasteiger partial charge in [-0.2, -0.15) is 13.2 Å². The minimum absolute atomic E-state index is 0.271. The van der Waals surface area contributed by atoms with Gasteiger partial charge in [-0.05, 0) is 12.1 Å². The van der Waals surface area contributed by atoms with Gasteiger partial charge in [-0.1, -0.05) is 18.2 Å². The number of aryl methyl sites for hydroxylation is 1. The predicted molar refractivity (Wildman–Crippen MR) is 71.9 cm³/mol. The van der Waals surface area contributed by atoms with E-state index in [1.54, 1.807) is 17.7 Å². The first-order valence-corrected chi connectivity index (χ1v) is 6.26. The van der Waals surface area contributed by atoms with Gasteiger partial charge in [-0.25, -0.2) is 0 Å². The van der Waals surface area contributed by atoms with E-state index in [-0.39, 0.29) is 5.69 Å². The van der Waals surface area contributed by atoms with Crippen LogP contribution in [0, 0.1) is 0 Å². The zero-order chi connectivity index (χ0) is 15.8. The Morgan fingerprint density at radius 2 is 2.00 bits per heavy atom. The second kappa shape index (κ2) is 5.40. The van der Waals surface area contributed by atoms with E-state index < -0.39 is 24.7 Å². The van der Waals surface area contributed by atoms with Crippen molar-refractivity contribution in [2.24, 2.45) is 7.05 Å². The van der Waals surface area contributed by atoms with Crippen molar-refractivity contribution in [2.75, 3.05) is 13.6 Å². The quantitative estimate of drug-likeness (QED) is 0.944. The summed E-state index contributed by atoms with van der Waals surface area (Å²) < 4.78 is 38.6. The number of likely N-dealkylation sites (N-methyl/N-ethyl adjacent to an activating group) is 1. The number of fused-ring (bicyclic) bond motifs is 1. The van der Waals surface area contributed by atoms with Gasteiger partial charge in [0.25, 0.3) is 5.91 Å². The van der Waals surface area contributed by atoms with Crippen molar-refractivity contribution in [1.82, 2.24) is 9.47 Å². The van der Waals surface area contributed by atoms with E-state index in [0.29, 0.717) is 0 Å². The van der Waals surface area contributed by atoms with Crippen LogP contribution in [0.5, 0.6) is 0 Å². The number of hydrogen-bond acceptors (Lipinski definition) is 2. The van der Waals surface area contributed by atoms with Crippen molar-refractivity contribution >= 4 is 16.8 Å². The highest BCUT2D eigenvalue weighted by Crippen LogP contribution is 2.22. The Balaban J connectivity index is 2.24. The fraction of sp³-hybridized carbons (Fsp3) is 0.357. The molecule has 21 heavy (non-hydrogen) atoms. The molecule has 4 nitrogen and oxygen atoms in total. The molecule has 0 saturated heterocycles. The van der Waals surface area contributed by atoms with E-state index in [2.05, 4.69) is 0 Å². The molecular formula is C14H15F3N2O2. The summed E-state index contributed by atoms with van der Waals surface area (Å²) in [4.78, 5) is 13.1. The second-order valence-corrected chi connectivity index (χ2v) is 4.89. The standard InChI is InChI=1S/C14H15F3N2O2/c1-18(8-12(20)14(15,16)17)13(21)11-7-9-5-3-4-6-10(9)19(11)2/h3-7,12,20H,8H2,1-2H3. The highest BCUT2D eigenvalue weighted by atomic mass is 19.4. The molecule has 2 aromatic rings. The average molecular weight is 300 g/mol. The van der Waals surface area contributed by atoms with Crippen molar-refractivity contribution in [3.05, 3.63) is 36.0 Å². The van der Waals surface area contributed by atoms with E-state index in [4.69, 9.17) is 5.11 Å². The minimum Gasteiger partial charge on any atom is -0.382 e. The zero-order valence-electron chi connectivity index (χ0n) is 11.6. The number of alkyl halides is 3. The third-order valence-corrected chi connectivity index (χ3v) is 3.34. The fourth-order valence-corrected chi connectivity index (χ4v) is 2.14. The van der Waals surface area contributed by atoms with E-state index in [1.165, 1.54) is 7.05 Å². The molecule has 0 saturated carbocycles. The van der Waals surface area contributed by atoms with Crippen molar-refractivity contribution in [1.29, 1.82) is 0 Å². The topological polar surface area (TPSA) is 45.5 Å². The number of aromatic nitrogens is 1. The second-order valence-electron chi connectivity index (χ2n) is 4.89. The van der Waals surface area contributed by atoms with Crippen LogP contribution >= 0.6 is 0 Å². The number of amides is 1. The van der Waals surface area contributed by atoms with Gasteiger partial charge in [0.1, 0.15) is 5.69 Å². The number of aliphatic hydroxyl groups excluding tert-OH is 1. The van der Waals surface area contributed by atoms with Crippen molar-refractivity contribution in [3.8, 4) is 0 Å². The first kappa shape index (κ1) is 15.4. The Bertz CT molecular complexity index is 664. The number of nitrogens with zero attached hydrogens (tertiary/aromatic N) is 2. The summed E-state index contributed by atoms with van der Waals surface area (Å²) in [6.45, 7) is -0.802. The molecule has 1 aromatic heterocycles. The SMILES string of the molecule is CN(CC(O)C(F)(F)F)C(=O)c1cc2ccccc2n1C. The number of carbonyl (C=O) groups is 1. The Labute approximate surface area is 119 Å². The maximum absolute atomic E-state index is 12.3. The largest absolute Gasteiger partial charge is 0.416 e. The lowest BCUT2D eigenvalue weighted by Crippen LogP contribution is -2.42. The van der Waals surface area contributed by atoms with Crippen molar-refractivity contribution in [2.45, 2.75) is 12.3 Å². The molecule has 114 valence electrons. The molecule has 2 rings (SSSR count). The van der Waals surface area contributed by atoms with Gasteiger partial charge in [0.15, 0.2) is 6.10 Å². The molecular weight excluding hydrogens is 285 g/mol. The molecule has 1 aromatic carbocycles. The van der Waals surface area contributed by atoms with E-state index in [9.17, 15) is 18.0 Å². The average Bonchev–Trinajstić information content (AvgIpc) is 2.74. The predicted octanol–water partition coefficient (Wildman–Crippen LogP) is 2.17. The summed E-state index contributed by atoms with van der Waals surface area (Å²) in [5, 5.41) is 9.86. The number of benzene rings is 1. The summed E-state index contributed by atoms with van der Waals surface area (Å²) >= 11 is 0. The highest BCUT2D eigenvalue weighted by molar-refractivity contribution is 5.98. The van der Waals surface area contributed by atoms with Crippen molar-refractivity contribution < 1.29 is 23.1 Å². The molecule has 1 unspecified atom stereocenters. The minimum atomic E-state index is -4.74. The zero-order valence-corrected chi connectivity index (χ0v) is 11.6. The number of halogens is 3. The summed E-state index contributed by atoms with van der Waals surface area (Å²) in [6.07, 6.45) is -7.30. The Kier molecular flexibility index (Phi) is 3.95. The van der Waals surface area contributed by atoms with Crippen LogP contribution in [0.4, 0.5) is 13.2 Å². The summed E-state index contributed by atoms with van der Waals surface area (Å²) in [7, 11) is 2.90. The number of aliphatic hydroxyl groups is 1. The molecule has 0 aliphatic rings. The Morgan fingerprint density at radius 3 is 2.57 bits per heavy atom. The van der Waals surface area contributed by atoms with Gasteiger partial charge in [-0.3, -0.25) is 4.79 Å². The third kappa shape index (κ3) is 3.02. The van der Waals surface area contributed by atoms with Crippen LogP contribution in [0.25, 0.3) is 10.9 Å². The molecule has 1 heterocycles. The Morgan fingerprint density at radius 1 is 1.38 bits per heavy atom. The van der Waals surface area contributed by atoms with E-state index >= 15 is 0 Å². The van der Waals surface area contributed by atoms with Crippen LogP contribution in [-0.2, 0) is 7.05 Å². The lowest BCUT2D eigenvalue weighted by molar-refractivity contribution is -0.205. The van der Waals surface area contributed by atoms with Crippen LogP contribution < -0.4 is 0 Å². The molecule has 0 spiro atoms. The van der Waals surface area contributed by atoms with Gasteiger partial charge in [0, 0.05) is 25.0 Å². The molecule has 1 amide bonds. The van der Waals surface area contributed by atoms with Gasteiger partial charge in [-0.15, -0.1) is 0 Å². The smallest absolute Gasteiger partial charge is 0.382 e. The highest BCUT2D eigenvalue weighted by Gasteiger charge is 2.39. The fourth-order valence-electron chi connectivity index (χ4n) is 2.14. The normalized spacial score (nSPS) is 13.4. The molecule has 0 radical (unpaired) electrons. The van der Waals surface area contributed by atoms with Crippen LogP contribution in [0.2, 0.25) is 0 Å². The van der Waals surface area contributed by atoms with Crippen LogP contribution in [0.1, 0.15) is 10.5 Å². The van der Waals surface area contributed by atoms with Gasteiger partial charge < -0.3 is 14.6 Å². The maximum atomic E-state index is 12.3. The van der Waals surface area contributed by atoms with Gasteiger partial charge >= 0.3 is 6.18 Å². The number of carbonyl (C=O) groups excluding carboxylic acids is 1. The van der Waals surface area contributed by atoms with Gasteiger partial charge in [0.05, 0.1) is 6.54 Å². The van der Waals surface area contributed by atoms with Crippen LogP contribution in [0.3, 0.4) is 0 Å². The van der Waals surface area contributed by atoms with Crippen LogP contribution in [-0.4, -0.2) is 46.4 Å². The molecule has 0 bridgehead atoms. The monoisotopic (exact) mass is 300 g/mol. The molecule has 0 fully saturated rings. The first-order chi connectivity index (χ1) is 9.71. The number of rotatable bonds is 3. The van der Waals surface area contributed by atoms with Crippen molar-refractivity contribution in [3.63, 3.8) is 0 Å². The lowest BCUT2D eigenvalue weighted by atomic mass is 10.2. The first-order valence-electron chi connectivity index (χ1n) is 6.26. The van der Waals surface area contributed by atoms with Gasteiger partial charge in [0.2, 0.25) is 0 Å². The Hall–Kier alpha value is -2.02. The molecule has 0 aliphatic carbocycles. The van der Waals surface area contributed by atoms with Crippen LogP contribution in [0.15, 0.2) is 30.3 Å². The van der Waals surface area contributed by atoms with E-state index in [1.807, 2.05) is 24.3 Å². The summed E-state index contributed by atoms with van der Waals surface area (Å²) in [6, 6.07) is 8.88.